The first kappa shape index (κ1) is 16.3. The van der Waals surface area contributed by atoms with E-state index in [1.54, 1.807) is 18.9 Å². The molecule has 2 N–H and O–H groups in total. The van der Waals surface area contributed by atoms with Gasteiger partial charge in [0.2, 0.25) is 0 Å². The smallest absolute Gasteiger partial charge is 0.317 e. The number of carbonyl (C=O) groups is 1. The molecule has 1 aliphatic carbocycles. The fourth-order valence-electron chi connectivity index (χ4n) is 3.32. The molecule has 1 rings (SSSR count). The molecule has 0 radical (unpaired) electrons. The van der Waals surface area contributed by atoms with Crippen molar-refractivity contribution in [2.24, 2.45) is 11.3 Å². The van der Waals surface area contributed by atoms with Gasteiger partial charge in [0.1, 0.15) is 0 Å². The molecule has 0 aromatic carbocycles. The lowest BCUT2D eigenvalue weighted by Gasteiger charge is -2.32. The van der Waals surface area contributed by atoms with E-state index < -0.39 is 6.10 Å². The van der Waals surface area contributed by atoms with Gasteiger partial charge in [-0.2, -0.15) is 0 Å². The van der Waals surface area contributed by atoms with E-state index in [9.17, 15) is 9.90 Å². The number of rotatable bonds is 6. The van der Waals surface area contributed by atoms with Crippen LogP contribution in [0.2, 0.25) is 0 Å². The van der Waals surface area contributed by atoms with Crippen molar-refractivity contribution in [1.29, 1.82) is 0 Å². The summed E-state index contributed by atoms with van der Waals surface area (Å²) in [6.07, 6.45) is 5.73. The molecule has 1 saturated carbocycles. The molecule has 4 heteroatoms. The maximum atomic E-state index is 12.0. The average molecular weight is 270 g/mol. The first-order valence-corrected chi connectivity index (χ1v) is 7.52. The molecule has 0 aliphatic heterocycles. The summed E-state index contributed by atoms with van der Waals surface area (Å²) in [5, 5.41) is 12.4. The fraction of sp³-hybridized carbons (Fsp3) is 0.933. The Hall–Kier alpha value is -0.770. The lowest BCUT2D eigenvalue weighted by atomic mass is 9.78. The highest BCUT2D eigenvalue weighted by Crippen LogP contribution is 2.42. The lowest BCUT2D eigenvalue weighted by Crippen LogP contribution is -2.45. The van der Waals surface area contributed by atoms with Gasteiger partial charge in [0.05, 0.1) is 6.10 Å². The zero-order valence-electron chi connectivity index (χ0n) is 12.9. The molecule has 0 aromatic rings. The molecule has 1 unspecified atom stereocenters. The Morgan fingerprint density at radius 2 is 1.89 bits per heavy atom. The van der Waals surface area contributed by atoms with Gasteiger partial charge in [0.25, 0.3) is 0 Å². The third-order valence-corrected chi connectivity index (χ3v) is 4.00. The summed E-state index contributed by atoms with van der Waals surface area (Å²) in [6, 6.07) is -0.0732. The average Bonchev–Trinajstić information content (AvgIpc) is 2.73. The van der Waals surface area contributed by atoms with Crippen LogP contribution in [0.4, 0.5) is 4.79 Å². The largest absolute Gasteiger partial charge is 0.392 e. The highest BCUT2D eigenvalue weighted by Gasteiger charge is 2.34. The minimum atomic E-state index is -0.480. The Morgan fingerprint density at radius 1 is 1.32 bits per heavy atom. The second-order valence-electron chi connectivity index (χ2n) is 6.69. The Balaban J connectivity index is 2.46. The van der Waals surface area contributed by atoms with Crippen molar-refractivity contribution in [3.8, 4) is 0 Å². The number of urea groups is 1. The summed E-state index contributed by atoms with van der Waals surface area (Å²) in [5.74, 6) is 0.671. The zero-order chi connectivity index (χ0) is 14.5. The van der Waals surface area contributed by atoms with Crippen LogP contribution < -0.4 is 5.32 Å². The SMILES string of the molecule is CC(C)CC1(CNC(=O)N(C)CC(C)O)CCCC1. The molecule has 4 nitrogen and oxygen atoms in total. The second-order valence-corrected chi connectivity index (χ2v) is 6.69. The number of likely N-dealkylation sites (N-methyl/N-ethyl adjacent to an activating group) is 1. The van der Waals surface area contributed by atoms with Crippen LogP contribution in [0.25, 0.3) is 0 Å². The Morgan fingerprint density at radius 3 is 2.37 bits per heavy atom. The Kier molecular flexibility index (Phi) is 6.11. The fourth-order valence-corrected chi connectivity index (χ4v) is 3.32. The minimum Gasteiger partial charge on any atom is -0.392 e. The van der Waals surface area contributed by atoms with Crippen molar-refractivity contribution in [1.82, 2.24) is 10.2 Å². The standard InChI is InChI=1S/C15H30N2O2/c1-12(2)9-15(7-5-6-8-15)11-16-14(19)17(4)10-13(3)18/h12-13,18H,5-11H2,1-4H3,(H,16,19). The van der Waals surface area contributed by atoms with E-state index in [1.807, 2.05) is 0 Å². The molecule has 112 valence electrons. The molecule has 0 aromatic heterocycles. The van der Waals surface area contributed by atoms with Crippen LogP contribution in [-0.2, 0) is 0 Å². The van der Waals surface area contributed by atoms with Gasteiger partial charge in [0.15, 0.2) is 0 Å². The number of aliphatic hydroxyl groups excluding tert-OH is 1. The number of nitrogens with one attached hydrogen (secondary N) is 1. The van der Waals surface area contributed by atoms with Crippen LogP contribution in [0.1, 0.15) is 52.9 Å². The van der Waals surface area contributed by atoms with E-state index >= 15 is 0 Å². The first-order chi connectivity index (χ1) is 8.84. The van der Waals surface area contributed by atoms with Gasteiger partial charge < -0.3 is 15.3 Å². The summed E-state index contributed by atoms with van der Waals surface area (Å²) in [5.41, 5.74) is 0.301. The molecule has 0 bridgehead atoms. The predicted octanol–water partition coefficient (Wildman–Crippen LogP) is 2.62. The van der Waals surface area contributed by atoms with Crippen molar-refractivity contribution in [2.45, 2.75) is 59.0 Å². The molecule has 1 aliphatic rings. The topological polar surface area (TPSA) is 52.6 Å². The monoisotopic (exact) mass is 270 g/mol. The molecule has 0 saturated heterocycles. The Bertz CT molecular complexity index is 284. The molecule has 1 atom stereocenters. The lowest BCUT2D eigenvalue weighted by molar-refractivity contribution is 0.139. The quantitative estimate of drug-likeness (QED) is 0.779. The third-order valence-electron chi connectivity index (χ3n) is 4.00. The minimum absolute atomic E-state index is 0.0732. The van der Waals surface area contributed by atoms with Crippen LogP contribution in [0.15, 0.2) is 0 Å². The van der Waals surface area contributed by atoms with Crippen molar-refractivity contribution < 1.29 is 9.90 Å². The van der Waals surface area contributed by atoms with Gasteiger partial charge in [-0.25, -0.2) is 4.79 Å². The molecule has 2 amide bonds. The van der Waals surface area contributed by atoms with Gasteiger partial charge in [-0.15, -0.1) is 0 Å². The Labute approximate surface area is 117 Å². The normalized spacial score (nSPS) is 19.5. The molecule has 0 heterocycles. The maximum absolute atomic E-state index is 12.0. The van der Waals surface area contributed by atoms with Crippen molar-refractivity contribution in [3.05, 3.63) is 0 Å². The van der Waals surface area contributed by atoms with E-state index in [1.165, 1.54) is 32.1 Å². The molecule has 0 spiro atoms. The van der Waals surface area contributed by atoms with Gasteiger partial charge in [-0.3, -0.25) is 0 Å². The number of hydrogen-bond donors (Lipinski definition) is 2. The van der Waals surface area contributed by atoms with Crippen LogP contribution >= 0.6 is 0 Å². The van der Waals surface area contributed by atoms with E-state index in [2.05, 4.69) is 19.2 Å². The number of aliphatic hydroxyl groups is 1. The number of hydrogen-bond acceptors (Lipinski definition) is 2. The third kappa shape index (κ3) is 5.39. The van der Waals surface area contributed by atoms with Gasteiger partial charge in [-0.05, 0) is 37.5 Å². The van der Waals surface area contributed by atoms with Gasteiger partial charge in [-0.1, -0.05) is 26.7 Å². The second kappa shape index (κ2) is 7.13. The molecule has 19 heavy (non-hydrogen) atoms. The van der Waals surface area contributed by atoms with Crippen molar-refractivity contribution in [2.75, 3.05) is 20.1 Å². The molecule has 1 fully saturated rings. The summed E-state index contributed by atoms with van der Waals surface area (Å²) < 4.78 is 0. The van der Waals surface area contributed by atoms with Gasteiger partial charge >= 0.3 is 6.03 Å². The van der Waals surface area contributed by atoms with E-state index in [0.29, 0.717) is 17.9 Å². The highest BCUT2D eigenvalue weighted by atomic mass is 16.3. The van der Waals surface area contributed by atoms with Crippen LogP contribution in [-0.4, -0.2) is 42.3 Å². The number of amides is 2. The van der Waals surface area contributed by atoms with Gasteiger partial charge in [0, 0.05) is 20.1 Å². The molecular formula is C15H30N2O2. The highest BCUT2D eigenvalue weighted by molar-refractivity contribution is 5.73. The van der Waals surface area contributed by atoms with E-state index in [4.69, 9.17) is 0 Å². The predicted molar refractivity (Wildman–Crippen MR) is 78.1 cm³/mol. The summed E-state index contributed by atoms with van der Waals surface area (Å²) in [4.78, 5) is 13.5. The number of nitrogens with zero attached hydrogens (tertiary/aromatic N) is 1. The van der Waals surface area contributed by atoms with E-state index in [0.717, 1.165) is 6.54 Å². The zero-order valence-corrected chi connectivity index (χ0v) is 12.9. The molecular weight excluding hydrogens is 240 g/mol. The summed E-state index contributed by atoms with van der Waals surface area (Å²) in [7, 11) is 1.73. The van der Waals surface area contributed by atoms with Crippen LogP contribution in [0.3, 0.4) is 0 Å². The van der Waals surface area contributed by atoms with E-state index in [-0.39, 0.29) is 6.03 Å². The summed E-state index contributed by atoms with van der Waals surface area (Å²) in [6.45, 7) is 7.35. The number of carbonyl (C=O) groups excluding carboxylic acids is 1. The first-order valence-electron chi connectivity index (χ1n) is 7.52. The van der Waals surface area contributed by atoms with Crippen LogP contribution in [0.5, 0.6) is 0 Å². The van der Waals surface area contributed by atoms with Crippen molar-refractivity contribution in [3.63, 3.8) is 0 Å². The maximum Gasteiger partial charge on any atom is 0.317 e. The van der Waals surface area contributed by atoms with Crippen molar-refractivity contribution >= 4 is 6.03 Å². The van der Waals surface area contributed by atoms with Crippen LogP contribution in [0, 0.1) is 11.3 Å². The summed E-state index contributed by atoms with van der Waals surface area (Å²) >= 11 is 0.